The Balaban J connectivity index is 2.03. The SMILES string of the molecule is COC(=O)C=NNc1nc(-c2ccccc2)cs1. The summed E-state index contributed by atoms with van der Waals surface area (Å²) in [5.41, 5.74) is 4.59. The molecule has 92 valence electrons. The highest BCUT2D eigenvalue weighted by atomic mass is 32.1. The van der Waals surface area contributed by atoms with Gasteiger partial charge < -0.3 is 4.74 Å². The largest absolute Gasteiger partial charge is 0.465 e. The summed E-state index contributed by atoms with van der Waals surface area (Å²) in [6.07, 6.45) is 1.06. The number of nitrogens with one attached hydrogen (secondary N) is 1. The highest BCUT2D eigenvalue weighted by Crippen LogP contribution is 2.24. The molecule has 0 unspecified atom stereocenters. The number of thiazole rings is 1. The van der Waals surface area contributed by atoms with E-state index in [0.29, 0.717) is 5.13 Å². The number of ether oxygens (including phenoxy) is 1. The molecular formula is C12H11N3O2S. The molecule has 0 spiro atoms. The van der Waals surface area contributed by atoms with Gasteiger partial charge in [-0.25, -0.2) is 9.78 Å². The molecule has 2 rings (SSSR count). The monoisotopic (exact) mass is 261 g/mol. The predicted molar refractivity (Wildman–Crippen MR) is 71.7 cm³/mol. The Bertz CT molecular complexity index is 551. The first-order valence-corrected chi connectivity index (χ1v) is 6.05. The Hall–Kier alpha value is -2.21. The van der Waals surface area contributed by atoms with Crippen molar-refractivity contribution in [1.82, 2.24) is 4.98 Å². The van der Waals surface area contributed by atoms with Gasteiger partial charge in [-0.1, -0.05) is 30.3 Å². The maximum Gasteiger partial charge on any atom is 0.350 e. The third kappa shape index (κ3) is 3.14. The van der Waals surface area contributed by atoms with Crippen LogP contribution in [-0.2, 0) is 9.53 Å². The van der Waals surface area contributed by atoms with E-state index in [9.17, 15) is 4.79 Å². The average molecular weight is 261 g/mol. The number of benzene rings is 1. The molecule has 2 aromatic rings. The van der Waals surface area contributed by atoms with Gasteiger partial charge in [0, 0.05) is 10.9 Å². The molecule has 0 bridgehead atoms. The van der Waals surface area contributed by atoms with E-state index in [2.05, 4.69) is 20.2 Å². The number of methoxy groups -OCH3 is 1. The molecule has 1 N–H and O–H groups in total. The van der Waals surface area contributed by atoms with Crippen LogP contribution in [0.3, 0.4) is 0 Å². The van der Waals surface area contributed by atoms with Crippen LogP contribution in [0.4, 0.5) is 5.13 Å². The fourth-order valence-corrected chi connectivity index (χ4v) is 1.93. The number of hydrogen-bond acceptors (Lipinski definition) is 6. The molecule has 5 nitrogen and oxygen atoms in total. The quantitative estimate of drug-likeness (QED) is 0.521. The molecule has 0 atom stereocenters. The fraction of sp³-hybridized carbons (Fsp3) is 0.0833. The molecule has 0 radical (unpaired) electrons. The zero-order chi connectivity index (χ0) is 12.8. The molecule has 0 saturated heterocycles. The average Bonchev–Trinajstić information content (AvgIpc) is 2.88. The Labute approximate surface area is 108 Å². The maximum atomic E-state index is 10.8. The van der Waals surface area contributed by atoms with E-state index in [1.54, 1.807) is 0 Å². The molecule has 0 fully saturated rings. The molecule has 1 aromatic heterocycles. The summed E-state index contributed by atoms with van der Waals surface area (Å²) in [6.45, 7) is 0. The first-order chi connectivity index (χ1) is 8.79. The summed E-state index contributed by atoms with van der Waals surface area (Å²) in [5.74, 6) is -0.512. The molecule has 1 heterocycles. The lowest BCUT2D eigenvalue weighted by atomic mass is 10.2. The van der Waals surface area contributed by atoms with E-state index >= 15 is 0 Å². The Morgan fingerprint density at radius 2 is 2.22 bits per heavy atom. The summed E-state index contributed by atoms with van der Waals surface area (Å²) < 4.78 is 4.42. The van der Waals surface area contributed by atoms with E-state index in [4.69, 9.17) is 0 Å². The number of rotatable bonds is 4. The van der Waals surface area contributed by atoms with Crippen molar-refractivity contribution in [3.63, 3.8) is 0 Å². The lowest BCUT2D eigenvalue weighted by Crippen LogP contribution is -2.02. The number of aromatic nitrogens is 1. The number of nitrogens with zero attached hydrogens (tertiary/aromatic N) is 2. The number of carbonyl (C=O) groups excluding carboxylic acids is 1. The van der Waals surface area contributed by atoms with Crippen molar-refractivity contribution in [3.05, 3.63) is 35.7 Å². The minimum Gasteiger partial charge on any atom is -0.465 e. The molecule has 0 aliphatic heterocycles. The third-order valence-electron chi connectivity index (χ3n) is 2.11. The molecule has 0 amide bonds. The zero-order valence-corrected chi connectivity index (χ0v) is 10.5. The van der Waals surface area contributed by atoms with Crippen LogP contribution in [0, 0.1) is 0 Å². The van der Waals surface area contributed by atoms with E-state index in [1.165, 1.54) is 18.4 Å². The number of esters is 1. The fourth-order valence-electron chi connectivity index (χ4n) is 1.26. The lowest BCUT2D eigenvalue weighted by molar-refractivity contribution is -0.132. The van der Waals surface area contributed by atoms with Crippen molar-refractivity contribution in [2.75, 3.05) is 12.5 Å². The van der Waals surface area contributed by atoms with E-state index in [-0.39, 0.29) is 0 Å². The van der Waals surface area contributed by atoms with Crippen LogP contribution in [0.2, 0.25) is 0 Å². The molecule has 1 aromatic carbocycles. The van der Waals surface area contributed by atoms with Crippen molar-refractivity contribution in [1.29, 1.82) is 0 Å². The van der Waals surface area contributed by atoms with Crippen LogP contribution < -0.4 is 5.43 Å². The van der Waals surface area contributed by atoms with Crippen LogP contribution in [0.25, 0.3) is 11.3 Å². The second-order valence-electron chi connectivity index (χ2n) is 3.30. The van der Waals surface area contributed by atoms with Crippen LogP contribution in [0.15, 0.2) is 40.8 Å². The lowest BCUT2D eigenvalue weighted by Gasteiger charge is -1.95. The van der Waals surface area contributed by atoms with Gasteiger partial charge >= 0.3 is 5.97 Å². The number of hydrazone groups is 1. The predicted octanol–water partition coefficient (Wildman–Crippen LogP) is 2.38. The van der Waals surface area contributed by atoms with Crippen molar-refractivity contribution in [3.8, 4) is 11.3 Å². The third-order valence-corrected chi connectivity index (χ3v) is 2.85. The van der Waals surface area contributed by atoms with Gasteiger partial charge in [0.2, 0.25) is 5.13 Å². The topological polar surface area (TPSA) is 63.6 Å². The molecular weight excluding hydrogens is 250 g/mol. The van der Waals surface area contributed by atoms with Gasteiger partial charge in [-0.3, -0.25) is 5.43 Å². The Morgan fingerprint density at radius 3 is 2.94 bits per heavy atom. The van der Waals surface area contributed by atoms with Gasteiger partial charge in [-0.2, -0.15) is 5.10 Å². The van der Waals surface area contributed by atoms with Gasteiger partial charge in [-0.15, -0.1) is 11.3 Å². The number of carbonyl (C=O) groups is 1. The molecule has 18 heavy (non-hydrogen) atoms. The van der Waals surface area contributed by atoms with Crippen molar-refractivity contribution >= 4 is 28.7 Å². The van der Waals surface area contributed by atoms with Gasteiger partial charge in [-0.05, 0) is 0 Å². The maximum absolute atomic E-state index is 10.8. The first kappa shape index (κ1) is 12.3. The van der Waals surface area contributed by atoms with Crippen molar-refractivity contribution in [2.24, 2.45) is 5.10 Å². The molecule has 0 aliphatic carbocycles. The minimum absolute atomic E-state index is 0.512. The molecule has 0 aliphatic rings. The van der Waals surface area contributed by atoms with Gasteiger partial charge in [0.05, 0.1) is 12.8 Å². The normalized spacial score (nSPS) is 10.5. The zero-order valence-electron chi connectivity index (χ0n) is 9.66. The molecule has 6 heteroatoms. The van der Waals surface area contributed by atoms with Crippen LogP contribution in [0.1, 0.15) is 0 Å². The summed E-state index contributed by atoms with van der Waals surface area (Å²) in [5, 5.41) is 6.26. The van der Waals surface area contributed by atoms with Crippen molar-refractivity contribution in [2.45, 2.75) is 0 Å². The van der Waals surface area contributed by atoms with Crippen LogP contribution >= 0.6 is 11.3 Å². The van der Waals surface area contributed by atoms with E-state index < -0.39 is 5.97 Å². The smallest absolute Gasteiger partial charge is 0.350 e. The number of anilines is 1. The standard InChI is InChI=1S/C12H11N3O2S/c1-17-11(16)7-13-15-12-14-10(8-18-12)9-5-3-2-4-6-9/h2-8H,1H3,(H,14,15). The van der Waals surface area contributed by atoms with Crippen LogP contribution in [0.5, 0.6) is 0 Å². The first-order valence-electron chi connectivity index (χ1n) is 5.17. The van der Waals surface area contributed by atoms with Gasteiger partial charge in [0.15, 0.2) is 0 Å². The summed E-state index contributed by atoms with van der Waals surface area (Å²) in [4.78, 5) is 15.1. The summed E-state index contributed by atoms with van der Waals surface area (Å²) in [7, 11) is 1.30. The van der Waals surface area contributed by atoms with Gasteiger partial charge in [0.1, 0.15) is 6.21 Å². The van der Waals surface area contributed by atoms with Crippen LogP contribution in [-0.4, -0.2) is 24.3 Å². The highest BCUT2D eigenvalue weighted by Gasteiger charge is 2.02. The number of hydrogen-bond donors (Lipinski definition) is 1. The molecule has 0 saturated carbocycles. The second-order valence-corrected chi connectivity index (χ2v) is 4.16. The summed E-state index contributed by atoms with van der Waals surface area (Å²) >= 11 is 1.42. The summed E-state index contributed by atoms with van der Waals surface area (Å²) in [6, 6.07) is 9.83. The second kappa shape index (κ2) is 5.92. The Kier molecular flexibility index (Phi) is 4.03. The highest BCUT2D eigenvalue weighted by molar-refractivity contribution is 7.14. The minimum atomic E-state index is -0.512. The van der Waals surface area contributed by atoms with E-state index in [1.807, 2.05) is 35.7 Å². The van der Waals surface area contributed by atoms with E-state index in [0.717, 1.165) is 17.5 Å². The Morgan fingerprint density at radius 1 is 1.44 bits per heavy atom. The van der Waals surface area contributed by atoms with Crippen molar-refractivity contribution < 1.29 is 9.53 Å². The van der Waals surface area contributed by atoms with Gasteiger partial charge in [0.25, 0.3) is 0 Å².